The van der Waals surface area contributed by atoms with Crippen LogP contribution in [0.25, 0.3) is 11.3 Å². The molecule has 2 aromatic carbocycles. The number of benzene rings is 2. The molecule has 0 radical (unpaired) electrons. The van der Waals surface area contributed by atoms with E-state index in [0.29, 0.717) is 5.56 Å². The molecule has 0 bridgehead atoms. The van der Waals surface area contributed by atoms with Crippen LogP contribution in [0, 0.1) is 20.7 Å². The Morgan fingerprint density at radius 2 is 2.04 bits per heavy atom. The summed E-state index contributed by atoms with van der Waals surface area (Å²) in [5.74, 6) is -1.27. The van der Waals surface area contributed by atoms with Crippen molar-refractivity contribution in [1.82, 2.24) is 9.97 Å². The smallest absolute Gasteiger partial charge is 0.270 e. The molecule has 0 aliphatic carbocycles. The third kappa shape index (κ3) is 3.95. The van der Waals surface area contributed by atoms with Crippen molar-refractivity contribution in [2.24, 2.45) is 5.10 Å². The molecule has 0 atom stereocenters. The van der Waals surface area contributed by atoms with Crippen LogP contribution in [0.15, 0.2) is 52.4 Å². The number of aromatic amines is 1. The number of halogens is 2. The summed E-state index contributed by atoms with van der Waals surface area (Å²) in [4.78, 5) is 18.8. The first-order valence-corrected chi connectivity index (χ1v) is 8.65. The van der Waals surface area contributed by atoms with E-state index in [1.54, 1.807) is 52.9 Å². The summed E-state index contributed by atoms with van der Waals surface area (Å²) in [6.07, 6.45) is 1.19. The third-order valence-electron chi connectivity index (χ3n) is 3.55. The number of nitrogens with zero attached hydrogens (tertiary/aromatic N) is 3. The fraction of sp³-hybridized carbons (Fsp3) is 0. The number of hydrazone groups is 1. The Balaban J connectivity index is 1.93. The van der Waals surface area contributed by atoms with E-state index in [0.717, 1.165) is 0 Å². The van der Waals surface area contributed by atoms with Crippen molar-refractivity contribution in [3.05, 3.63) is 73.3 Å². The lowest BCUT2D eigenvalue weighted by Crippen LogP contribution is -2.16. The quantitative estimate of drug-likeness (QED) is 0.305. The lowest BCUT2D eigenvalue weighted by Gasteiger charge is -2.06. The Bertz CT molecular complexity index is 1120. The first-order valence-electron chi connectivity index (χ1n) is 7.57. The molecule has 0 saturated carbocycles. The molecule has 3 aromatic rings. The van der Waals surface area contributed by atoms with E-state index in [-0.39, 0.29) is 26.3 Å². The van der Waals surface area contributed by atoms with Crippen LogP contribution in [-0.2, 0) is 0 Å². The molecular weight excluding hydrogens is 464 g/mol. The largest absolute Gasteiger partial charge is 0.504 e. The standard InChI is InChI=1S/C18H11FIN5O2/c19-14-13(20)7-6-11(16(14)26)9-22-25-18-23-15(10-4-2-1-3-5-10)12(8-21)17(27)24-18/h1-7,9,26H,(H2,23,24,25,27). The summed E-state index contributed by atoms with van der Waals surface area (Å²) in [5.41, 5.74) is 2.74. The summed E-state index contributed by atoms with van der Waals surface area (Å²) in [6, 6.07) is 13.6. The molecule has 3 N–H and O–H groups in total. The molecular formula is C18H11FIN5O2. The summed E-state index contributed by atoms with van der Waals surface area (Å²) < 4.78 is 14.0. The van der Waals surface area contributed by atoms with Crippen LogP contribution in [0.4, 0.5) is 10.3 Å². The average molecular weight is 475 g/mol. The number of hydrogen-bond acceptors (Lipinski definition) is 6. The number of aromatic hydroxyl groups is 1. The minimum atomic E-state index is -0.740. The van der Waals surface area contributed by atoms with Crippen molar-refractivity contribution in [1.29, 1.82) is 5.26 Å². The van der Waals surface area contributed by atoms with E-state index >= 15 is 0 Å². The molecule has 0 aliphatic heterocycles. The Hall–Kier alpha value is -3.26. The second kappa shape index (κ2) is 7.96. The molecule has 0 spiro atoms. The van der Waals surface area contributed by atoms with E-state index < -0.39 is 17.1 Å². The van der Waals surface area contributed by atoms with E-state index in [2.05, 4.69) is 20.5 Å². The van der Waals surface area contributed by atoms with Gasteiger partial charge >= 0.3 is 0 Å². The number of rotatable bonds is 4. The van der Waals surface area contributed by atoms with Crippen LogP contribution in [-0.4, -0.2) is 21.3 Å². The second-order valence-corrected chi connectivity index (χ2v) is 6.45. The first-order chi connectivity index (χ1) is 13.0. The Morgan fingerprint density at radius 3 is 2.74 bits per heavy atom. The zero-order valence-corrected chi connectivity index (χ0v) is 15.7. The van der Waals surface area contributed by atoms with Gasteiger partial charge in [-0.1, -0.05) is 30.3 Å². The zero-order chi connectivity index (χ0) is 19.4. The molecule has 0 unspecified atom stereocenters. The van der Waals surface area contributed by atoms with Gasteiger partial charge in [-0.05, 0) is 34.7 Å². The van der Waals surface area contributed by atoms with E-state index in [1.165, 1.54) is 18.3 Å². The molecule has 0 fully saturated rings. The van der Waals surface area contributed by atoms with Crippen molar-refractivity contribution in [3.8, 4) is 23.1 Å². The minimum absolute atomic E-state index is 0.000392. The van der Waals surface area contributed by atoms with Gasteiger partial charge < -0.3 is 5.11 Å². The summed E-state index contributed by atoms with van der Waals surface area (Å²) >= 11 is 1.76. The predicted molar refractivity (Wildman–Crippen MR) is 107 cm³/mol. The van der Waals surface area contributed by atoms with Gasteiger partial charge in [-0.2, -0.15) is 10.4 Å². The van der Waals surface area contributed by atoms with Crippen molar-refractivity contribution in [3.63, 3.8) is 0 Å². The van der Waals surface area contributed by atoms with Crippen LogP contribution in [0.2, 0.25) is 0 Å². The number of anilines is 1. The van der Waals surface area contributed by atoms with Crippen LogP contribution in [0.3, 0.4) is 0 Å². The summed E-state index contributed by atoms with van der Waals surface area (Å²) in [7, 11) is 0. The van der Waals surface area contributed by atoms with Gasteiger partial charge in [0.25, 0.3) is 5.56 Å². The first kappa shape index (κ1) is 18.5. The van der Waals surface area contributed by atoms with Gasteiger partial charge in [0.1, 0.15) is 11.6 Å². The highest BCUT2D eigenvalue weighted by Gasteiger charge is 2.13. The lowest BCUT2D eigenvalue weighted by atomic mass is 10.1. The molecule has 9 heteroatoms. The van der Waals surface area contributed by atoms with E-state index in [9.17, 15) is 19.6 Å². The van der Waals surface area contributed by atoms with Gasteiger partial charge in [0.15, 0.2) is 11.6 Å². The Morgan fingerprint density at radius 1 is 1.30 bits per heavy atom. The van der Waals surface area contributed by atoms with Crippen molar-refractivity contribution in [2.75, 3.05) is 5.43 Å². The van der Waals surface area contributed by atoms with Gasteiger partial charge in [-0.3, -0.25) is 9.78 Å². The molecule has 1 heterocycles. The molecule has 0 saturated heterocycles. The van der Waals surface area contributed by atoms with Gasteiger partial charge in [0, 0.05) is 11.1 Å². The highest BCUT2D eigenvalue weighted by Crippen LogP contribution is 2.24. The van der Waals surface area contributed by atoms with E-state index in [1.807, 2.05) is 6.07 Å². The predicted octanol–water partition coefficient (Wildman–Crippen LogP) is 3.20. The maximum absolute atomic E-state index is 13.7. The van der Waals surface area contributed by atoms with Crippen LogP contribution in [0.5, 0.6) is 5.75 Å². The van der Waals surface area contributed by atoms with Gasteiger partial charge in [-0.15, -0.1) is 0 Å². The van der Waals surface area contributed by atoms with Crippen molar-refractivity contribution >= 4 is 34.8 Å². The second-order valence-electron chi connectivity index (χ2n) is 5.29. The highest BCUT2D eigenvalue weighted by molar-refractivity contribution is 14.1. The molecule has 27 heavy (non-hydrogen) atoms. The zero-order valence-electron chi connectivity index (χ0n) is 13.6. The molecule has 1 aromatic heterocycles. The Kier molecular flexibility index (Phi) is 5.46. The summed E-state index contributed by atoms with van der Waals surface area (Å²) in [6.45, 7) is 0. The molecule has 7 nitrogen and oxygen atoms in total. The molecule has 0 aliphatic rings. The van der Waals surface area contributed by atoms with Gasteiger partial charge in [0.05, 0.1) is 15.5 Å². The average Bonchev–Trinajstić information content (AvgIpc) is 2.68. The maximum atomic E-state index is 13.7. The number of phenolic OH excluding ortho intramolecular Hbond substituents is 1. The number of nitrogens with one attached hydrogen (secondary N) is 2. The molecule has 3 rings (SSSR count). The number of phenols is 1. The third-order valence-corrected chi connectivity index (χ3v) is 4.39. The number of aromatic nitrogens is 2. The van der Waals surface area contributed by atoms with Gasteiger partial charge in [-0.25, -0.2) is 14.8 Å². The lowest BCUT2D eigenvalue weighted by molar-refractivity contribution is 0.429. The van der Waals surface area contributed by atoms with Crippen molar-refractivity contribution < 1.29 is 9.50 Å². The topological polar surface area (TPSA) is 114 Å². The monoisotopic (exact) mass is 475 g/mol. The maximum Gasteiger partial charge on any atom is 0.270 e. The highest BCUT2D eigenvalue weighted by atomic mass is 127. The fourth-order valence-electron chi connectivity index (χ4n) is 2.26. The van der Waals surface area contributed by atoms with E-state index in [4.69, 9.17) is 0 Å². The van der Waals surface area contributed by atoms with Crippen molar-refractivity contribution in [2.45, 2.75) is 0 Å². The van der Waals surface area contributed by atoms with Gasteiger partial charge in [0.2, 0.25) is 5.95 Å². The van der Waals surface area contributed by atoms with Crippen LogP contribution < -0.4 is 11.0 Å². The van der Waals surface area contributed by atoms with Crippen LogP contribution in [0.1, 0.15) is 11.1 Å². The Labute approximate surface area is 166 Å². The number of H-pyrrole nitrogens is 1. The molecule has 134 valence electrons. The number of nitriles is 1. The fourth-order valence-corrected chi connectivity index (χ4v) is 2.69. The van der Waals surface area contributed by atoms with Crippen LogP contribution >= 0.6 is 22.6 Å². The molecule has 0 amide bonds. The SMILES string of the molecule is N#Cc1c(-c2ccccc2)nc(NN=Cc2ccc(I)c(F)c2O)[nH]c1=O. The summed E-state index contributed by atoms with van der Waals surface area (Å²) in [5, 5.41) is 22.9. The number of hydrogen-bond donors (Lipinski definition) is 3. The minimum Gasteiger partial charge on any atom is -0.504 e. The normalized spacial score (nSPS) is 10.7.